The van der Waals surface area contributed by atoms with E-state index in [0.29, 0.717) is 19.6 Å². The van der Waals surface area contributed by atoms with Gasteiger partial charge in [-0.1, -0.05) is 0 Å². The Morgan fingerprint density at radius 2 is 1.68 bits per heavy atom. The highest BCUT2D eigenvalue weighted by Gasteiger charge is 2.24. The molecule has 0 spiro atoms. The standard InChI is InChI=1S/C18H28N4O3/c1-19(13-16-5-4-12-25-16)17(23)14-20-8-10-21(11-9-20)15-18(24)22-6-2-3-7-22/h4-5,12H,2-3,6-11,13-15H2,1H3. The minimum Gasteiger partial charge on any atom is -0.467 e. The van der Waals surface area contributed by atoms with E-state index in [4.69, 9.17) is 4.42 Å². The van der Waals surface area contributed by atoms with Crippen LogP contribution in [0.4, 0.5) is 0 Å². The third-order valence-electron chi connectivity index (χ3n) is 5.04. The largest absolute Gasteiger partial charge is 0.467 e. The fourth-order valence-electron chi connectivity index (χ4n) is 3.40. The van der Waals surface area contributed by atoms with Gasteiger partial charge in [-0.3, -0.25) is 19.4 Å². The fraction of sp³-hybridized carbons (Fsp3) is 0.667. The smallest absolute Gasteiger partial charge is 0.236 e. The Morgan fingerprint density at radius 3 is 2.28 bits per heavy atom. The molecule has 0 aliphatic carbocycles. The summed E-state index contributed by atoms with van der Waals surface area (Å²) in [6.45, 7) is 6.59. The van der Waals surface area contributed by atoms with Crippen LogP contribution in [0.3, 0.4) is 0 Å². The lowest BCUT2D eigenvalue weighted by molar-refractivity contribution is -0.134. The van der Waals surface area contributed by atoms with Crippen molar-refractivity contribution in [1.29, 1.82) is 0 Å². The zero-order valence-electron chi connectivity index (χ0n) is 15.0. The predicted molar refractivity (Wildman–Crippen MR) is 93.9 cm³/mol. The van der Waals surface area contributed by atoms with Gasteiger partial charge >= 0.3 is 0 Å². The van der Waals surface area contributed by atoms with Crippen molar-refractivity contribution in [3.05, 3.63) is 24.2 Å². The molecule has 138 valence electrons. The van der Waals surface area contributed by atoms with E-state index in [-0.39, 0.29) is 11.8 Å². The van der Waals surface area contributed by atoms with Crippen LogP contribution in [-0.4, -0.2) is 90.8 Å². The Bertz CT molecular complexity index is 561. The minimum absolute atomic E-state index is 0.0954. The van der Waals surface area contributed by atoms with Crippen LogP contribution in [0.1, 0.15) is 18.6 Å². The first kappa shape index (κ1) is 17.9. The molecule has 7 nitrogen and oxygen atoms in total. The number of carbonyl (C=O) groups is 2. The van der Waals surface area contributed by atoms with E-state index in [1.165, 1.54) is 0 Å². The van der Waals surface area contributed by atoms with E-state index in [2.05, 4.69) is 9.80 Å². The molecule has 0 aromatic carbocycles. The molecule has 2 aliphatic heterocycles. The number of amides is 2. The third-order valence-corrected chi connectivity index (χ3v) is 5.04. The maximum atomic E-state index is 12.3. The molecule has 7 heteroatoms. The third kappa shape index (κ3) is 5.06. The van der Waals surface area contributed by atoms with E-state index < -0.39 is 0 Å². The van der Waals surface area contributed by atoms with E-state index in [1.54, 1.807) is 18.2 Å². The number of hydrogen-bond donors (Lipinski definition) is 0. The average molecular weight is 348 g/mol. The predicted octanol–water partition coefficient (Wildman–Crippen LogP) is 0.478. The summed E-state index contributed by atoms with van der Waals surface area (Å²) >= 11 is 0. The normalized spacial score (nSPS) is 19.3. The molecule has 25 heavy (non-hydrogen) atoms. The summed E-state index contributed by atoms with van der Waals surface area (Å²) in [5, 5.41) is 0. The first-order valence-electron chi connectivity index (χ1n) is 9.10. The number of carbonyl (C=O) groups excluding carboxylic acids is 2. The van der Waals surface area contributed by atoms with E-state index in [1.807, 2.05) is 17.0 Å². The number of likely N-dealkylation sites (N-methyl/N-ethyl adjacent to an activating group) is 1. The molecule has 3 heterocycles. The molecule has 0 unspecified atom stereocenters. The molecule has 3 rings (SSSR count). The van der Waals surface area contributed by atoms with Gasteiger partial charge in [0.15, 0.2) is 0 Å². The Labute approximate surface area is 149 Å². The van der Waals surface area contributed by atoms with Crippen molar-refractivity contribution in [3.8, 4) is 0 Å². The first-order valence-corrected chi connectivity index (χ1v) is 9.10. The lowest BCUT2D eigenvalue weighted by atomic mass is 10.3. The molecule has 2 saturated heterocycles. The van der Waals surface area contributed by atoms with E-state index in [0.717, 1.165) is 57.9 Å². The maximum Gasteiger partial charge on any atom is 0.236 e. The van der Waals surface area contributed by atoms with Crippen LogP contribution in [0.5, 0.6) is 0 Å². The van der Waals surface area contributed by atoms with Gasteiger partial charge in [0.2, 0.25) is 11.8 Å². The molecule has 2 fully saturated rings. The van der Waals surface area contributed by atoms with Crippen LogP contribution < -0.4 is 0 Å². The zero-order chi connectivity index (χ0) is 17.6. The van der Waals surface area contributed by atoms with Crippen molar-refractivity contribution in [2.45, 2.75) is 19.4 Å². The van der Waals surface area contributed by atoms with Crippen molar-refractivity contribution >= 4 is 11.8 Å². The molecule has 0 N–H and O–H groups in total. The van der Waals surface area contributed by atoms with Gasteiger partial charge in [0.05, 0.1) is 25.9 Å². The van der Waals surface area contributed by atoms with Gasteiger partial charge in [-0.25, -0.2) is 0 Å². The maximum absolute atomic E-state index is 12.3. The summed E-state index contributed by atoms with van der Waals surface area (Å²) in [7, 11) is 1.80. The number of furan rings is 1. The number of piperazine rings is 1. The van der Waals surface area contributed by atoms with Crippen LogP contribution >= 0.6 is 0 Å². The summed E-state index contributed by atoms with van der Waals surface area (Å²) in [6.07, 6.45) is 3.89. The molecule has 0 radical (unpaired) electrons. The second kappa shape index (κ2) is 8.49. The molecule has 1 aromatic rings. The highest BCUT2D eigenvalue weighted by Crippen LogP contribution is 2.10. The molecular weight excluding hydrogens is 320 g/mol. The quantitative estimate of drug-likeness (QED) is 0.748. The number of likely N-dealkylation sites (tertiary alicyclic amines) is 1. The minimum atomic E-state index is 0.0954. The molecule has 0 saturated carbocycles. The first-order chi connectivity index (χ1) is 12.1. The number of nitrogens with zero attached hydrogens (tertiary/aromatic N) is 4. The number of rotatable bonds is 6. The van der Waals surface area contributed by atoms with Gasteiger partial charge in [-0.05, 0) is 25.0 Å². The van der Waals surface area contributed by atoms with E-state index in [9.17, 15) is 9.59 Å². The van der Waals surface area contributed by atoms with Crippen LogP contribution in [0, 0.1) is 0 Å². The molecule has 1 aromatic heterocycles. The van der Waals surface area contributed by atoms with Crippen molar-refractivity contribution in [2.75, 3.05) is 59.4 Å². The lowest BCUT2D eigenvalue weighted by Gasteiger charge is -2.35. The Hall–Kier alpha value is -1.86. The molecule has 2 aliphatic rings. The van der Waals surface area contributed by atoms with Crippen LogP contribution in [-0.2, 0) is 16.1 Å². The topological polar surface area (TPSA) is 60.2 Å². The summed E-state index contributed by atoms with van der Waals surface area (Å²) < 4.78 is 5.29. The van der Waals surface area contributed by atoms with Gasteiger partial charge in [0.1, 0.15) is 5.76 Å². The summed E-state index contributed by atoms with van der Waals surface area (Å²) in [6, 6.07) is 3.70. The highest BCUT2D eigenvalue weighted by atomic mass is 16.3. The second-order valence-corrected chi connectivity index (χ2v) is 6.97. The summed E-state index contributed by atoms with van der Waals surface area (Å²) in [5.41, 5.74) is 0. The molecule has 2 amide bonds. The fourth-order valence-corrected chi connectivity index (χ4v) is 3.40. The summed E-state index contributed by atoms with van der Waals surface area (Å²) in [5.74, 6) is 1.14. The van der Waals surface area contributed by atoms with Crippen molar-refractivity contribution in [1.82, 2.24) is 19.6 Å². The Morgan fingerprint density at radius 1 is 1.04 bits per heavy atom. The lowest BCUT2D eigenvalue weighted by Crippen LogP contribution is -2.51. The SMILES string of the molecule is CN(Cc1ccco1)C(=O)CN1CCN(CC(=O)N2CCCC2)CC1. The van der Waals surface area contributed by atoms with Gasteiger partial charge in [0.25, 0.3) is 0 Å². The summed E-state index contributed by atoms with van der Waals surface area (Å²) in [4.78, 5) is 32.6. The van der Waals surface area contributed by atoms with Gasteiger partial charge in [0, 0.05) is 46.3 Å². The second-order valence-electron chi connectivity index (χ2n) is 6.97. The average Bonchev–Trinajstić information content (AvgIpc) is 3.30. The van der Waals surface area contributed by atoms with E-state index >= 15 is 0 Å². The number of hydrogen-bond acceptors (Lipinski definition) is 5. The van der Waals surface area contributed by atoms with Gasteiger partial charge in [-0.15, -0.1) is 0 Å². The van der Waals surface area contributed by atoms with Gasteiger partial charge in [-0.2, -0.15) is 0 Å². The Kier molecular flexibility index (Phi) is 6.09. The van der Waals surface area contributed by atoms with Crippen molar-refractivity contribution in [2.24, 2.45) is 0 Å². The molecular formula is C18H28N4O3. The van der Waals surface area contributed by atoms with Crippen molar-refractivity contribution in [3.63, 3.8) is 0 Å². The van der Waals surface area contributed by atoms with Crippen LogP contribution in [0.2, 0.25) is 0 Å². The molecule has 0 atom stereocenters. The zero-order valence-corrected chi connectivity index (χ0v) is 15.0. The van der Waals surface area contributed by atoms with Crippen molar-refractivity contribution < 1.29 is 14.0 Å². The van der Waals surface area contributed by atoms with Crippen LogP contribution in [0.15, 0.2) is 22.8 Å². The Balaban J connectivity index is 1.37. The van der Waals surface area contributed by atoms with Crippen LogP contribution in [0.25, 0.3) is 0 Å². The monoisotopic (exact) mass is 348 g/mol. The molecule has 0 bridgehead atoms. The van der Waals surface area contributed by atoms with Gasteiger partial charge < -0.3 is 14.2 Å². The highest BCUT2D eigenvalue weighted by molar-refractivity contribution is 5.79.